The van der Waals surface area contributed by atoms with Gasteiger partial charge in [-0.2, -0.15) is 0 Å². The highest BCUT2D eigenvalue weighted by atomic mass is 16.2. The lowest BCUT2D eigenvalue weighted by Gasteiger charge is -2.35. The molecule has 22 heavy (non-hydrogen) atoms. The maximum absolute atomic E-state index is 12.6. The van der Waals surface area contributed by atoms with Crippen molar-refractivity contribution in [2.24, 2.45) is 0 Å². The highest BCUT2D eigenvalue weighted by Crippen LogP contribution is 2.29. The lowest BCUT2D eigenvalue weighted by Crippen LogP contribution is -2.44. The van der Waals surface area contributed by atoms with Crippen molar-refractivity contribution in [3.05, 3.63) is 41.5 Å². The molecule has 0 aliphatic carbocycles. The molecule has 0 spiro atoms. The SMILES string of the molecule is CC1(C)Cc2ccccc2/C(=C\C(=O)N2CCCCCC2)N1. The van der Waals surface area contributed by atoms with Gasteiger partial charge in [-0.15, -0.1) is 0 Å². The first kappa shape index (κ1) is 15.1. The predicted molar refractivity (Wildman–Crippen MR) is 90.4 cm³/mol. The standard InChI is InChI=1S/C19H26N2O/c1-19(2)14-15-9-5-6-10-16(15)17(20-19)13-18(22)21-11-7-3-4-8-12-21/h5-6,9-10,13,20H,3-4,7-8,11-12,14H2,1-2H3/b17-13+. The van der Waals surface area contributed by atoms with Gasteiger partial charge in [0.2, 0.25) is 5.91 Å². The maximum Gasteiger partial charge on any atom is 0.248 e. The third kappa shape index (κ3) is 3.34. The summed E-state index contributed by atoms with van der Waals surface area (Å²) in [7, 11) is 0. The van der Waals surface area contributed by atoms with E-state index in [1.807, 2.05) is 17.0 Å². The summed E-state index contributed by atoms with van der Waals surface area (Å²) >= 11 is 0. The summed E-state index contributed by atoms with van der Waals surface area (Å²) in [5.74, 6) is 0.150. The van der Waals surface area contributed by atoms with E-state index in [9.17, 15) is 4.79 Å². The van der Waals surface area contributed by atoms with Crippen molar-refractivity contribution < 1.29 is 4.79 Å². The largest absolute Gasteiger partial charge is 0.379 e. The zero-order valence-electron chi connectivity index (χ0n) is 13.7. The van der Waals surface area contributed by atoms with Gasteiger partial charge in [-0.1, -0.05) is 37.1 Å². The summed E-state index contributed by atoms with van der Waals surface area (Å²) < 4.78 is 0. The first-order chi connectivity index (χ1) is 10.6. The molecular weight excluding hydrogens is 272 g/mol. The van der Waals surface area contributed by atoms with Crippen LogP contribution in [0.3, 0.4) is 0 Å². The van der Waals surface area contributed by atoms with Crippen LogP contribution in [0, 0.1) is 0 Å². The molecule has 1 amide bonds. The van der Waals surface area contributed by atoms with Crippen molar-refractivity contribution in [3.8, 4) is 0 Å². The number of rotatable bonds is 1. The normalized spacial score (nSPS) is 22.6. The van der Waals surface area contributed by atoms with E-state index < -0.39 is 0 Å². The fraction of sp³-hybridized carbons (Fsp3) is 0.526. The lowest BCUT2D eigenvalue weighted by molar-refractivity contribution is -0.125. The molecule has 0 bridgehead atoms. The maximum atomic E-state index is 12.6. The van der Waals surface area contributed by atoms with Crippen LogP contribution in [0.4, 0.5) is 0 Å². The average Bonchev–Trinajstić information content (AvgIpc) is 2.75. The highest BCUT2D eigenvalue weighted by molar-refractivity contribution is 5.95. The van der Waals surface area contributed by atoms with Crippen molar-refractivity contribution in [1.29, 1.82) is 0 Å². The number of benzene rings is 1. The zero-order valence-corrected chi connectivity index (χ0v) is 13.7. The van der Waals surface area contributed by atoms with E-state index >= 15 is 0 Å². The number of amides is 1. The Balaban J connectivity index is 1.87. The van der Waals surface area contributed by atoms with Gasteiger partial charge in [0, 0.05) is 36.0 Å². The summed E-state index contributed by atoms with van der Waals surface area (Å²) in [5.41, 5.74) is 3.45. The lowest BCUT2D eigenvalue weighted by atomic mass is 9.86. The number of carbonyl (C=O) groups is 1. The fourth-order valence-electron chi connectivity index (χ4n) is 3.51. The van der Waals surface area contributed by atoms with Gasteiger partial charge in [0.05, 0.1) is 0 Å². The van der Waals surface area contributed by atoms with E-state index in [0.29, 0.717) is 0 Å². The highest BCUT2D eigenvalue weighted by Gasteiger charge is 2.28. The van der Waals surface area contributed by atoms with Crippen LogP contribution in [0.15, 0.2) is 30.3 Å². The van der Waals surface area contributed by atoms with Crippen LogP contribution >= 0.6 is 0 Å². The van der Waals surface area contributed by atoms with Crippen molar-refractivity contribution >= 4 is 11.6 Å². The summed E-state index contributed by atoms with van der Waals surface area (Å²) in [5, 5.41) is 3.55. The van der Waals surface area contributed by atoms with Gasteiger partial charge in [-0.05, 0) is 38.7 Å². The van der Waals surface area contributed by atoms with Crippen molar-refractivity contribution in [2.45, 2.75) is 51.5 Å². The van der Waals surface area contributed by atoms with E-state index in [1.54, 1.807) is 0 Å². The zero-order chi connectivity index (χ0) is 15.6. The topological polar surface area (TPSA) is 32.3 Å². The molecule has 1 aromatic rings. The number of hydrogen-bond donors (Lipinski definition) is 1. The van der Waals surface area contributed by atoms with Crippen LogP contribution in [0.25, 0.3) is 5.70 Å². The molecule has 1 aromatic carbocycles. The molecule has 1 fully saturated rings. The fourth-order valence-corrected chi connectivity index (χ4v) is 3.51. The van der Waals surface area contributed by atoms with Crippen LogP contribution in [0.5, 0.6) is 0 Å². The molecule has 2 aliphatic heterocycles. The molecule has 118 valence electrons. The molecule has 2 heterocycles. The minimum atomic E-state index is -0.0146. The van der Waals surface area contributed by atoms with Gasteiger partial charge < -0.3 is 10.2 Å². The third-order valence-electron chi connectivity index (χ3n) is 4.60. The van der Waals surface area contributed by atoms with Gasteiger partial charge >= 0.3 is 0 Å². The first-order valence-electron chi connectivity index (χ1n) is 8.42. The van der Waals surface area contributed by atoms with Crippen LogP contribution in [0.2, 0.25) is 0 Å². The average molecular weight is 298 g/mol. The molecule has 0 radical (unpaired) electrons. The van der Waals surface area contributed by atoms with Gasteiger partial charge in [-0.3, -0.25) is 4.79 Å². The Bertz CT molecular complexity index is 581. The number of nitrogens with one attached hydrogen (secondary N) is 1. The van der Waals surface area contributed by atoms with Crippen LogP contribution < -0.4 is 5.32 Å². The van der Waals surface area contributed by atoms with Crippen LogP contribution in [-0.4, -0.2) is 29.4 Å². The Kier molecular flexibility index (Phi) is 4.23. The van der Waals surface area contributed by atoms with Crippen molar-refractivity contribution in [3.63, 3.8) is 0 Å². The Morgan fingerprint density at radius 2 is 1.82 bits per heavy atom. The molecule has 3 heteroatoms. The molecule has 1 saturated heterocycles. The second kappa shape index (κ2) is 6.15. The van der Waals surface area contributed by atoms with Crippen molar-refractivity contribution in [1.82, 2.24) is 10.2 Å². The van der Waals surface area contributed by atoms with Gasteiger partial charge in [-0.25, -0.2) is 0 Å². The summed E-state index contributed by atoms with van der Waals surface area (Å²) in [6.07, 6.45) is 7.54. The van der Waals surface area contributed by atoms with Gasteiger partial charge in [0.25, 0.3) is 0 Å². The van der Waals surface area contributed by atoms with E-state index in [0.717, 1.165) is 38.0 Å². The molecule has 2 aliphatic rings. The van der Waals surface area contributed by atoms with Crippen molar-refractivity contribution in [2.75, 3.05) is 13.1 Å². The van der Waals surface area contributed by atoms with E-state index in [2.05, 4.69) is 37.4 Å². The summed E-state index contributed by atoms with van der Waals surface area (Å²) in [4.78, 5) is 14.7. The number of carbonyl (C=O) groups excluding carboxylic acids is 1. The minimum Gasteiger partial charge on any atom is -0.379 e. The monoisotopic (exact) mass is 298 g/mol. The minimum absolute atomic E-state index is 0.0146. The third-order valence-corrected chi connectivity index (χ3v) is 4.60. The molecule has 0 saturated carbocycles. The Morgan fingerprint density at radius 3 is 2.55 bits per heavy atom. The first-order valence-corrected chi connectivity index (χ1v) is 8.42. The molecular formula is C19H26N2O. The molecule has 0 aromatic heterocycles. The van der Waals surface area contributed by atoms with Gasteiger partial charge in [0.1, 0.15) is 0 Å². The molecule has 3 nitrogen and oxygen atoms in total. The van der Waals surface area contributed by atoms with Crippen LogP contribution in [0.1, 0.15) is 50.7 Å². The molecule has 0 atom stereocenters. The summed E-state index contributed by atoms with van der Waals surface area (Å²) in [6, 6.07) is 8.40. The summed E-state index contributed by atoms with van der Waals surface area (Å²) in [6.45, 7) is 6.17. The number of likely N-dealkylation sites (tertiary alicyclic amines) is 1. The van der Waals surface area contributed by atoms with Crippen LogP contribution in [-0.2, 0) is 11.2 Å². The molecule has 3 rings (SSSR count). The van der Waals surface area contributed by atoms with E-state index in [4.69, 9.17) is 0 Å². The molecule has 1 N–H and O–H groups in total. The van der Waals surface area contributed by atoms with E-state index in [1.165, 1.54) is 24.0 Å². The number of fused-ring (bicyclic) bond motifs is 1. The Morgan fingerprint density at radius 1 is 1.14 bits per heavy atom. The number of hydrogen-bond acceptors (Lipinski definition) is 2. The Labute approximate surface area is 133 Å². The van der Waals surface area contributed by atoms with Gasteiger partial charge in [0.15, 0.2) is 0 Å². The molecule has 0 unspecified atom stereocenters. The second-order valence-corrected chi connectivity index (χ2v) is 7.14. The quantitative estimate of drug-likeness (QED) is 0.806. The predicted octanol–water partition coefficient (Wildman–Crippen LogP) is 3.35. The van der Waals surface area contributed by atoms with E-state index in [-0.39, 0.29) is 11.4 Å². The Hall–Kier alpha value is -1.77. The number of nitrogens with zero attached hydrogens (tertiary/aromatic N) is 1. The smallest absolute Gasteiger partial charge is 0.248 e. The second-order valence-electron chi connectivity index (χ2n) is 7.14.